The highest BCUT2D eigenvalue weighted by Gasteiger charge is 2.06. The van der Waals surface area contributed by atoms with Crippen molar-refractivity contribution in [2.24, 2.45) is 0 Å². The average Bonchev–Trinajstić information content (AvgIpc) is 3.04. The maximum Gasteiger partial charge on any atom is 0.124 e. The van der Waals surface area contributed by atoms with Gasteiger partial charge in [-0.15, -0.1) is 11.3 Å². The van der Waals surface area contributed by atoms with E-state index in [0.29, 0.717) is 0 Å². The van der Waals surface area contributed by atoms with Crippen molar-refractivity contribution in [3.05, 3.63) is 78.1 Å². The van der Waals surface area contributed by atoms with Crippen molar-refractivity contribution in [3.63, 3.8) is 0 Å². The Kier molecular flexibility index (Phi) is 3.97. The Morgan fingerprint density at radius 2 is 1.88 bits per heavy atom. The highest BCUT2D eigenvalue weighted by molar-refractivity contribution is 7.21. The van der Waals surface area contributed by atoms with Crippen LogP contribution in [0, 0.1) is 6.92 Å². The predicted molar refractivity (Wildman–Crippen MR) is 101 cm³/mol. The van der Waals surface area contributed by atoms with Gasteiger partial charge in [0.05, 0.1) is 22.5 Å². The Labute approximate surface area is 145 Å². The van der Waals surface area contributed by atoms with Gasteiger partial charge in [0.2, 0.25) is 0 Å². The smallest absolute Gasteiger partial charge is 0.124 e. The maximum absolute atomic E-state index is 4.74. The second-order valence-electron chi connectivity index (χ2n) is 5.74. The summed E-state index contributed by atoms with van der Waals surface area (Å²) in [6.45, 7) is 2.83. The summed E-state index contributed by atoms with van der Waals surface area (Å²) in [7, 11) is 0. The molecule has 4 rings (SSSR count). The van der Waals surface area contributed by atoms with Crippen molar-refractivity contribution in [2.45, 2.75) is 13.5 Å². The predicted octanol–water partition coefficient (Wildman–Crippen LogP) is 5.28. The van der Waals surface area contributed by atoms with Gasteiger partial charge in [-0.25, -0.2) is 4.98 Å². The molecule has 0 atom stereocenters. The molecule has 0 spiro atoms. The van der Waals surface area contributed by atoms with Crippen molar-refractivity contribution in [1.82, 2.24) is 9.97 Å². The largest absolute Gasteiger partial charge is 0.379 e. The number of rotatable bonds is 4. The summed E-state index contributed by atoms with van der Waals surface area (Å²) in [5, 5.41) is 4.46. The molecule has 0 unspecified atom stereocenters. The van der Waals surface area contributed by atoms with Gasteiger partial charge in [-0.3, -0.25) is 4.98 Å². The molecule has 0 bridgehead atoms. The summed E-state index contributed by atoms with van der Waals surface area (Å²) in [4.78, 5) is 9.05. The van der Waals surface area contributed by atoms with E-state index in [-0.39, 0.29) is 0 Å². The fourth-order valence-electron chi connectivity index (χ4n) is 2.58. The molecule has 0 amide bonds. The molecule has 1 N–H and O–H groups in total. The van der Waals surface area contributed by atoms with Crippen LogP contribution in [0.1, 0.15) is 11.3 Å². The first-order valence-corrected chi connectivity index (χ1v) is 8.71. The molecule has 0 aliphatic rings. The van der Waals surface area contributed by atoms with E-state index in [4.69, 9.17) is 4.98 Å². The van der Waals surface area contributed by atoms with E-state index in [0.717, 1.165) is 34.0 Å². The lowest BCUT2D eigenvalue weighted by Gasteiger charge is -2.06. The summed E-state index contributed by atoms with van der Waals surface area (Å²) in [6.07, 6.45) is 1.81. The van der Waals surface area contributed by atoms with Crippen LogP contribution in [0.3, 0.4) is 0 Å². The molecular weight excluding hydrogens is 314 g/mol. The number of nitrogens with one attached hydrogen (secondary N) is 1. The summed E-state index contributed by atoms with van der Waals surface area (Å²) in [5.74, 6) is 0. The van der Waals surface area contributed by atoms with Gasteiger partial charge in [0.1, 0.15) is 5.01 Å². The average molecular weight is 331 g/mol. The summed E-state index contributed by atoms with van der Waals surface area (Å²) in [6, 6.07) is 20.8. The van der Waals surface area contributed by atoms with Crippen LogP contribution in [0.4, 0.5) is 5.69 Å². The number of nitrogens with zero attached hydrogens (tertiary/aromatic N) is 2. The molecule has 2 aromatic carbocycles. The second-order valence-corrected chi connectivity index (χ2v) is 6.77. The zero-order chi connectivity index (χ0) is 16.4. The number of aryl methyl sites for hydroxylation is 1. The van der Waals surface area contributed by atoms with Gasteiger partial charge in [0.15, 0.2) is 0 Å². The standard InChI is InChI=1S/C20H17N3S/c1-14-5-10-18-19(12-14)24-20(23-18)15-6-8-16(9-7-15)22-13-17-4-2-3-11-21-17/h2-12,22H,13H2,1H3. The number of aromatic nitrogens is 2. The molecule has 0 aliphatic heterocycles. The molecule has 0 saturated heterocycles. The molecule has 0 fully saturated rings. The Morgan fingerprint density at radius 3 is 2.67 bits per heavy atom. The summed E-state index contributed by atoms with van der Waals surface area (Å²) in [5.41, 5.74) is 5.60. The monoisotopic (exact) mass is 331 g/mol. The molecule has 24 heavy (non-hydrogen) atoms. The van der Waals surface area contributed by atoms with Gasteiger partial charge in [-0.1, -0.05) is 12.1 Å². The molecule has 0 aliphatic carbocycles. The van der Waals surface area contributed by atoms with Crippen LogP contribution in [-0.4, -0.2) is 9.97 Å². The summed E-state index contributed by atoms with van der Waals surface area (Å²) < 4.78 is 1.24. The number of pyridine rings is 1. The molecule has 2 heterocycles. The van der Waals surface area contributed by atoms with E-state index in [9.17, 15) is 0 Å². The van der Waals surface area contributed by atoms with Crippen LogP contribution in [0.2, 0.25) is 0 Å². The zero-order valence-electron chi connectivity index (χ0n) is 13.4. The minimum Gasteiger partial charge on any atom is -0.379 e. The lowest BCUT2D eigenvalue weighted by Crippen LogP contribution is -2.00. The molecule has 4 heteroatoms. The highest BCUT2D eigenvalue weighted by atomic mass is 32.1. The SMILES string of the molecule is Cc1ccc2nc(-c3ccc(NCc4ccccn4)cc3)sc2c1. The number of benzene rings is 2. The quantitative estimate of drug-likeness (QED) is 0.553. The topological polar surface area (TPSA) is 37.8 Å². The first-order chi connectivity index (χ1) is 11.8. The highest BCUT2D eigenvalue weighted by Crippen LogP contribution is 2.31. The third-order valence-electron chi connectivity index (χ3n) is 3.88. The Morgan fingerprint density at radius 1 is 1.00 bits per heavy atom. The van der Waals surface area contributed by atoms with Crippen molar-refractivity contribution in [2.75, 3.05) is 5.32 Å². The van der Waals surface area contributed by atoms with Gasteiger partial charge in [0, 0.05) is 17.4 Å². The first-order valence-electron chi connectivity index (χ1n) is 7.89. The van der Waals surface area contributed by atoms with E-state index in [1.54, 1.807) is 11.3 Å². The molecule has 3 nitrogen and oxygen atoms in total. The zero-order valence-corrected chi connectivity index (χ0v) is 14.2. The minimum atomic E-state index is 0.723. The second kappa shape index (κ2) is 6.42. The van der Waals surface area contributed by atoms with Gasteiger partial charge in [-0.2, -0.15) is 0 Å². The molecule has 4 aromatic rings. The molecule has 0 radical (unpaired) electrons. The lowest BCUT2D eigenvalue weighted by molar-refractivity contribution is 1.05. The first kappa shape index (κ1) is 14.8. The van der Waals surface area contributed by atoms with E-state index in [1.807, 2.05) is 24.4 Å². The van der Waals surface area contributed by atoms with Crippen molar-refractivity contribution in [3.8, 4) is 10.6 Å². The maximum atomic E-state index is 4.74. The van der Waals surface area contributed by atoms with Crippen LogP contribution in [0.25, 0.3) is 20.8 Å². The molecule has 2 aromatic heterocycles. The van der Waals surface area contributed by atoms with Crippen LogP contribution in [0.15, 0.2) is 66.9 Å². The van der Waals surface area contributed by atoms with Crippen molar-refractivity contribution >= 4 is 27.2 Å². The number of fused-ring (bicyclic) bond motifs is 1. The third-order valence-corrected chi connectivity index (χ3v) is 4.94. The minimum absolute atomic E-state index is 0.723. The molecular formula is C20H17N3S. The van der Waals surface area contributed by atoms with Crippen LogP contribution >= 0.6 is 11.3 Å². The Balaban J connectivity index is 1.52. The van der Waals surface area contributed by atoms with Crippen LogP contribution in [0.5, 0.6) is 0 Å². The van der Waals surface area contributed by atoms with E-state index in [1.165, 1.54) is 10.3 Å². The normalized spacial score (nSPS) is 10.9. The molecule has 0 saturated carbocycles. The van der Waals surface area contributed by atoms with E-state index >= 15 is 0 Å². The van der Waals surface area contributed by atoms with Gasteiger partial charge >= 0.3 is 0 Å². The fourth-order valence-corrected chi connectivity index (χ4v) is 3.65. The Bertz CT molecular complexity index is 959. The van der Waals surface area contributed by atoms with E-state index < -0.39 is 0 Å². The molecule has 118 valence electrons. The number of anilines is 1. The summed E-state index contributed by atoms with van der Waals surface area (Å²) >= 11 is 1.74. The van der Waals surface area contributed by atoms with Gasteiger partial charge in [-0.05, 0) is 61.0 Å². The number of thiazole rings is 1. The van der Waals surface area contributed by atoms with Crippen LogP contribution < -0.4 is 5.32 Å². The van der Waals surface area contributed by atoms with E-state index in [2.05, 4.69) is 59.7 Å². The van der Waals surface area contributed by atoms with Gasteiger partial charge in [0.25, 0.3) is 0 Å². The van der Waals surface area contributed by atoms with Crippen molar-refractivity contribution < 1.29 is 0 Å². The third kappa shape index (κ3) is 3.14. The van der Waals surface area contributed by atoms with Crippen molar-refractivity contribution in [1.29, 1.82) is 0 Å². The fraction of sp³-hybridized carbons (Fsp3) is 0.100. The lowest BCUT2D eigenvalue weighted by atomic mass is 10.2. The number of hydrogen-bond donors (Lipinski definition) is 1. The van der Waals surface area contributed by atoms with Gasteiger partial charge < -0.3 is 5.32 Å². The van der Waals surface area contributed by atoms with Crippen LogP contribution in [-0.2, 0) is 6.54 Å². The Hall–Kier alpha value is -2.72. The number of hydrogen-bond acceptors (Lipinski definition) is 4.